The van der Waals surface area contributed by atoms with E-state index < -0.39 is 6.10 Å². The van der Waals surface area contributed by atoms with Crippen molar-refractivity contribution >= 4 is 17.9 Å². The van der Waals surface area contributed by atoms with Crippen LogP contribution in [0.1, 0.15) is 400 Å². The topological polar surface area (TPSA) is 78.9 Å². The maximum atomic E-state index is 13.0. The molecule has 0 aromatic rings. The highest BCUT2D eigenvalue weighted by Crippen LogP contribution is 2.18. The SMILES string of the molecule is CCCCCCC/C=C\C/C=C\CCCCCCCCCCCCCCCCCC(=O)OCC(COC(=O)CCCCCCCCCCCCCC)OC(=O)CCCCCCCCCCCCC/C=C\CCCCCCCCCC. The molecule has 0 aliphatic rings. The predicted molar refractivity (Wildman–Crippen MR) is 349 cm³/mol. The molecule has 0 saturated carbocycles. The average molecular weight is 1120 g/mol. The molecule has 0 aromatic carbocycles. The molecule has 0 radical (unpaired) electrons. The summed E-state index contributed by atoms with van der Waals surface area (Å²) in [6.45, 7) is 6.70. The van der Waals surface area contributed by atoms with Crippen molar-refractivity contribution in [3.05, 3.63) is 36.5 Å². The fraction of sp³-hybridized carbons (Fsp3) is 0.878. The van der Waals surface area contributed by atoms with Crippen LogP contribution in [0.3, 0.4) is 0 Å². The van der Waals surface area contributed by atoms with Crippen molar-refractivity contribution in [1.29, 1.82) is 0 Å². The van der Waals surface area contributed by atoms with Crippen LogP contribution in [0.2, 0.25) is 0 Å². The van der Waals surface area contributed by atoms with Crippen LogP contribution in [0, 0.1) is 0 Å². The fourth-order valence-electron chi connectivity index (χ4n) is 10.9. The van der Waals surface area contributed by atoms with Crippen molar-refractivity contribution < 1.29 is 28.6 Å². The molecule has 0 aromatic heterocycles. The molecular formula is C74H138O6. The summed E-state index contributed by atoms with van der Waals surface area (Å²) in [7, 11) is 0. The van der Waals surface area contributed by atoms with Gasteiger partial charge in [0.05, 0.1) is 0 Å². The Labute approximate surface area is 499 Å². The van der Waals surface area contributed by atoms with Gasteiger partial charge in [-0.1, -0.05) is 340 Å². The monoisotopic (exact) mass is 1120 g/mol. The number of carbonyl (C=O) groups excluding carboxylic acids is 3. The smallest absolute Gasteiger partial charge is 0.306 e. The quantitative estimate of drug-likeness (QED) is 0.0261. The molecule has 0 aliphatic heterocycles. The first kappa shape index (κ1) is 77.6. The minimum absolute atomic E-state index is 0.0666. The number of rotatable bonds is 67. The van der Waals surface area contributed by atoms with Crippen LogP contribution in [0.4, 0.5) is 0 Å². The average Bonchev–Trinajstić information content (AvgIpc) is 3.46. The summed E-state index contributed by atoms with van der Waals surface area (Å²) < 4.78 is 17.0. The van der Waals surface area contributed by atoms with Crippen LogP contribution in [0.5, 0.6) is 0 Å². The predicted octanol–water partition coefficient (Wildman–Crippen LogP) is 24.7. The lowest BCUT2D eigenvalue weighted by Crippen LogP contribution is -2.30. The molecule has 0 heterocycles. The molecule has 470 valence electrons. The van der Waals surface area contributed by atoms with E-state index in [1.54, 1.807) is 0 Å². The lowest BCUT2D eigenvalue weighted by molar-refractivity contribution is -0.167. The fourth-order valence-corrected chi connectivity index (χ4v) is 10.9. The van der Waals surface area contributed by atoms with Crippen molar-refractivity contribution in [1.82, 2.24) is 0 Å². The molecule has 0 bridgehead atoms. The second kappa shape index (κ2) is 69.1. The molecule has 1 atom stereocenters. The minimum Gasteiger partial charge on any atom is -0.462 e. The van der Waals surface area contributed by atoms with Crippen LogP contribution in [-0.4, -0.2) is 37.2 Å². The Hall–Kier alpha value is -2.37. The van der Waals surface area contributed by atoms with Crippen LogP contribution in [0.15, 0.2) is 36.5 Å². The largest absolute Gasteiger partial charge is 0.462 e. The van der Waals surface area contributed by atoms with Gasteiger partial charge in [-0.25, -0.2) is 0 Å². The lowest BCUT2D eigenvalue weighted by Gasteiger charge is -2.18. The van der Waals surface area contributed by atoms with Gasteiger partial charge in [-0.2, -0.15) is 0 Å². The van der Waals surface area contributed by atoms with E-state index in [1.165, 1.54) is 295 Å². The van der Waals surface area contributed by atoms with Crippen LogP contribution in [-0.2, 0) is 28.6 Å². The molecule has 0 rings (SSSR count). The zero-order valence-corrected chi connectivity index (χ0v) is 54.1. The van der Waals surface area contributed by atoms with Crippen LogP contribution < -0.4 is 0 Å². The summed E-state index contributed by atoms with van der Waals surface area (Å²) >= 11 is 0. The van der Waals surface area contributed by atoms with Gasteiger partial charge in [-0.05, 0) is 77.0 Å². The maximum absolute atomic E-state index is 13.0. The highest BCUT2D eigenvalue weighted by molar-refractivity contribution is 5.71. The van der Waals surface area contributed by atoms with Gasteiger partial charge in [0.15, 0.2) is 6.10 Å². The molecule has 0 fully saturated rings. The molecule has 0 N–H and O–H groups in total. The van der Waals surface area contributed by atoms with Crippen molar-refractivity contribution in [2.45, 2.75) is 406 Å². The molecule has 0 spiro atoms. The number of carbonyl (C=O) groups is 3. The molecule has 80 heavy (non-hydrogen) atoms. The Balaban J connectivity index is 4.19. The van der Waals surface area contributed by atoms with Crippen molar-refractivity contribution in [3.8, 4) is 0 Å². The number of unbranched alkanes of at least 4 members (excludes halogenated alkanes) is 50. The highest BCUT2D eigenvalue weighted by atomic mass is 16.6. The summed E-state index contributed by atoms with van der Waals surface area (Å²) in [4.78, 5) is 38.4. The van der Waals surface area contributed by atoms with Gasteiger partial charge in [0.1, 0.15) is 13.2 Å². The number of esters is 3. The molecule has 0 saturated heterocycles. The summed E-state index contributed by atoms with van der Waals surface area (Å²) in [5.41, 5.74) is 0. The Morgan fingerprint density at radius 3 is 0.700 bits per heavy atom. The third-order valence-corrected chi connectivity index (χ3v) is 16.4. The van der Waals surface area contributed by atoms with Gasteiger partial charge < -0.3 is 14.2 Å². The Bertz CT molecular complexity index is 1340. The second-order valence-corrected chi connectivity index (χ2v) is 24.5. The van der Waals surface area contributed by atoms with Gasteiger partial charge in [-0.3, -0.25) is 14.4 Å². The summed E-state index contributed by atoms with van der Waals surface area (Å²) in [6, 6.07) is 0. The van der Waals surface area contributed by atoms with E-state index in [2.05, 4.69) is 57.2 Å². The molecule has 0 amide bonds. The Morgan fingerprint density at radius 1 is 0.250 bits per heavy atom. The zero-order valence-electron chi connectivity index (χ0n) is 54.1. The molecular weight excluding hydrogens is 985 g/mol. The van der Waals surface area contributed by atoms with E-state index in [1.807, 2.05) is 0 Å². The Morgan fingerprint density at radius 2 is 0.450 bits per heavy atom. The van der Waals surface area contributed by atoms with Crippen LogP contribution in [0.25, 0.3) is 0 Å². The first-order chi connectivity index (χ1) is 39.5. The van der Waals surface area contributed by atoms with E-state index in [0.29, 0.717) is 19.3 Å². The maximum Gasteiger partial charge on any atom is 0.306 e. The van der Waals surface area contributed by atoms with Crippen LogP contribution >= 0.6 is 0 Å². The number of ether oxygens (including phenoxy) is 3. The Kier molecular flexibility index (Phi) is 67.1. The summed E-state index contributed by atoms with van der Waals surface area (Å²) in [5.74, 6) is -0.838. The van der Waals surface area contributed by atoms with E-state index in [9.17, 15) is 14.4 Å². The molecule has 1 unspecified atom stereocenters. The van der Waals surface area contributed by atoms with E-state index in [4.69, 9.17) is 14.2 Å². The summed E-state index contributed by atoms with van der Waals surface area (Å²) in [5, 5.41) is 0. The van der Waals surface area contributed by atoms with Gasteiger partial charge in [0.25, 0.3) is 0 Å². The van der Waals surface area contributed by atoms with Gasteiger partial charge in [-0.15, -0.1) is 0 Å². The lowest BCUT2D eigenvalue weighted by atomic mass is 10.0. The van der Waals surface area contributed by atoms with E-state index in [-0.39, 0.29) is 31.1 Å². The van der Waals surface area contributed by atoms with Gasteiger partial charge >= 0.3 is 17.9 Å². The molecule has 6 heteroatoms. The second-order valence-electron chi connectivity index (χ2n) is 24.5. The third-order valence-electron chi connectivity index (χ3n) is 16.4. The summed E-state index contributed by atoms with van der Waals surface area (Å²) in [6.07, 6.45) is 86.1. The first-order valence-electron chi connectivity index (χ1n) is 36.0. The van der Waals surface area contributed by atoms with Crippen molar-refractivity contribution in [3.63, 3.8) is 0 Å². The number of hydrogen-bond donors (Lipinski definition) is 0. The third kappa shape index (κ3) is 66.4. The van der Waals surface area contributed by atoms with E-state index in [0.717, 1.165) is 64.2 Å². The van der Waals surface area contributed by atoms with Gasteiger partial charge in [0, 0.05) is 19.3 Å². The van der Waals surface area contributed by atoms with Crippen molar-refractivity contribution in [2.75, 3.05) is 13.2 Å². The van der Waals surface area contributed by atoms with Gasteiger partial charge in [0.2, 0.25) is 0 Å². The number of allylic oxidation sites excluding steroid dienone is 6. The number of hydrogen-bond acceptors (Lipinski definition) is 6. The molecule has 6 nitrogen and oxygen atoms in total. The first-order valence-corrected chi connectivity index (χ1v) is 36.0. The molecule has 0 aliphatic carbocycles. The highest BCUT2D eigenvalue weighted by Gasteiger charge is 2.19. The van der Waals surface area contributed by atoms with E-state index >= 15 is 0 Å². The zero-order chi connectivity index (χ0) is 57.8. The minimum atomic E-state index is -0.770. The van der Waals surface area contributed by atoms with Crippen molar-refractivity contribution in [2.24, 2.45) is 0 Å². The standard InChI is InChI=1S/C74H138O6/c1-4-7-10-13-16-19-22-25-27-29-31-33-35-36-37-38-40-41-43-45-47-49-52-55-58-61-64-67-73(76)79-70-71(69-78-72(75)66-63-60-57-54-51-24-21-18-15-12-9-6-3)80-74(77)68-65-62-59-56-53-50-48-46-44-42-39-34-32-30-28-26-23-20-17-14-11-8-5-2/h22,25,29-32,71H,4-21,23-24,26-28,33-70H2,1-3H3/b25-22-,31-29-,32-30-. The normalized spacial score (nSPS) is 12.2.